The Morgan fingerprint density at radius 2 is 0.434 bits per heavy atom. The summed E-state index contributed by atoms with van der Waals surface area (Å²) in [5.74, 6) is -0.823. The first-order valence-corrected chi connectivity index (χ1v) is 37.8. The van der Waals surface area contributed by atoms with Crippen LogP contribution in [0.1, 0.15) is 432 Å². The van der Waals surface area contributed by atoms with E-state index in [0.717, 1.165) is 64.2 Å². The largest absolute Gasteiger partial charge is 0.462 e. The van der Waals surface area contributed by atoms with Crippen LogP contribution in [0.15, 0.2) is 24.3 Å². The summed E-state index contributed by atoms with van der Waals surface area (Å²) < 4.78 is 17.0. The Kier molecular flexibility index (Phi) is 70.5. The Morgan fingerprint density at radius 3 is 0.663 bits per heavy atom. The highest BCUT2D eigenvalue weighted by molar-refractivity contribution is 5.71. The fraction of sp³-hybridized carbons (Fsp3) is 0.909. The third-order valence-corrected chi connectivity index (χ3v) is 17.5. The van der Waals surface area contributed by atoms with Gasteiger partial charge in [0, 0.05) is 19.3 Å². The average Bonchev–Trinajstić information content (AvgIpc) is 3.49. The highest BCUT2D eigenvalue weighted by atomic mass is 16.6. The maximum absolute atomic E-state index is 12.9. The molecule has 1 unspecified atom stereocenters. The monoisotopic (exact) mass is 1170 g/mol. The first-order valence-electron chi connectivity index (χ1n) is 37.8. The van der Waals surface area contributed by atoms with Crippen molar-refractivity contribution in [2.45, 2.75) is 438 Å². The minimum atomic E-state index is -0.766. The molecule has 0 aliphatic heterocycles. The summed E-state index contributed by atoms with van der Waals surface area (Å²) in [5, 5.41) is 0. The summed E-state index contributed by atoms with van der Waals surface area (Å²) in [5.41, 5.74) is 0. The zero-order valence-corrected chi connectivity index (χ0v) is 56.5. The van der Waals surface area contributed by atoms with E-state index >= 15 is 0 Å². The van der Waals surface area contributed by atoms with Crippen molar-refractivity contribution in [3.63, 3.8) is 0 Å². The first kappa shape index (κ1) is 80.9. The molecule has 490 valence electrons. The van der Waals surface area contributed by atoms with E-state index in [1.54, 1.807) is 0 Å². The molecule has 0 spiro atoms. The second kappa shape index (κ2) is 72.4. The zero-order valence-electron chi connectivity index (χ0n) is 56.5. The molecule has 6 nitrogen and oxygen atoms in total. The first-order chi connectivity index (χ1) is 41.0. The van der Waals surface area contributed by atoms with Crippen molar-refractivity contribution in [2.75, 3.05) is 13.2 Å². The number of esters is 3. The molecule has 1 atom stereocenters. The Morgan fingerprint density at radius 1 is 0.241 bits per heavy atom. The van der Waals surface area contributed by atoms with Crippen molar-refractivity contribution < 1.29 is 28.6 Å². The molecule has 0 rings (SSSR count). The summed E-state index contributed by atoms with van der Waals surface area (Å²) in [4.78, 5) is 38.5. The molecule has 0 bridgehead atoms. The number of allylic oxidation sites excluding steroid dienone is 4. The van der Waals surface area contributed by atoms with Crippen molar-refractivity contribution >= 4 is 17.9 Å². The van der Waals surface area contributed by atoms with Crippen molar-refractivity contribution in [1.29, 1.82) is 0 Å². The third-order valence-electron chi connectivity index (χ3n) is 17.5. The van der Waals surface area contributed by atoms with Gasteiger partial charge in [0.15, 0.2) is 6.10 Å². The Balaban J connectivity index is 4.12. The lowest BCUT2D eigenvalue weighted by molar-refractivity contribution is -0.167. The van der Waals surface area contributed by atoms with Gasteiger partial charge >= 0.3 is 17.9 Å². The molecule has 0 saturated heterocycles. The maximum Gasteiger partial charge on any atom is 0.306 e. The molecule has 0 aromatic carbocycles. The topological polar surface area (TPSA) is 78.9 Å². The SMILES string of the molecule is CCCCCCC/C=C\C/C=C\CCCCCCCCCCCCCCCCCCCCCCCC(=O)OCC(COC(=O)CCCCCCCCCCCCCCCCCC)OC(=O)CCCCCCCCCCCCCCCCCC. The summed E-state index contributed by atoms with van der Waals surface area (Å²) in [6.45, 7) is 6.72. The average molecular weight is 1170 g/mol. The van der Waals surface area contributed by atoms with E-state index in [4.69, 9.17) is 14.2 Å². The minimum Gasteiger partial charge on any atom is -0.462 e. The molecule has 0 radical (unpaired) electrons. The van der Waals surface area contributed by atoms with Gasteiger partial charge < -0.3 is 14.2 Å². The van der Waals surface area contributed by atoms with Gasteiger partial charge in [0.05, 0.1) is 0 Å². The highest BCUT2D eigenvalue weighted by Gasteiger charge is 2.20. The number of unbranched alkanes of at least 4 members (excludes halogenated alkanes) is 56. The lowest BCUT2D eigenvalue weighted by Gasteiger charge is -2.18. The van der Waals surface area contributed by atoms with Gasteiger partial charge in [0.1, 0.15) is 13.2 Å². The predicted octanol–water partition coefficient (Wildman–Crippen LogP) is 26.1. The van der Waals surface area contributed by atoms with Crippen molar-refractivity contribution in [2.24, 2.45) is 0 Å². The van der Waals surface area contributed by atoms with Gasteiger partial charge in [-0.25, -0.2) is 0 Å². The number of hydrogen-bond donors (Lipinski definition) is 0. The van der Waals surface area contributed by atoms with E-state index < -0.39 is 6.10 Å². The van der Waals surface area contributed by atoms with Crippen LogP contribution in [0, 0.1) is 0 Å². The van der Waals surface area contributed by atoms with E-state index in [0.29, 0.717) is 19.3 Å². The van der Waals surface area contributed by atoms with Gasteiger partial charge in [0.2, 0.25) is 0 Å². The molecule has 0 aromatic heterocycles. The van der Waals surface area contributed by atoms with Crippen molar-refractivity contribution in [3.05, 3.63) is 24.3 Å². The number of rotatable bonds is 71. The maximum atomic E-state index is 12.9. The van der Waals surface area contributed by atoms with Gasteiger partial charge in [-0.05, 0) is 51.4 Å². The number of carbonyl (C=O) groups excluding carboxylic acids is 3. The van der Waals surface area contributed by atoms with E-state index in [1.165, 1.54) is 327 Å². The van der Waals surface area contributed by atoms with Crippen molar-refractivity contribution in [3.8, 4) is 0 Å². The zero-order chi connectivity index (χ0) is 59.9. The smallest absolute Gasteiger partial charge is 0.306 e. The minimum absolute atomic E-state index is 0.0623. The normalized spacial score (nSPS) is 12.1. The Bertz CT molecular complexity index is 1340. The van der Waals surface area contributed by atoms with E-state index in [2.05, 4.69) is 45.1 Å². The predicted molar refractivity (Wildman–Crippen MR) is 363 cm³/mol. The molecule has 0 saturated carbocycles. The molecule has 0 heterocycles. The summed E-state index contributed by atoms with van der Waals surface area (Å²) in [6, 6.07) is 0. The molecule has 0 aliphatic rings. The van der Waals surface area contributed by atoms with E-state index in [1.807, 2.05) is 0 Å². The van der Waals surface area contributed by atoms with Gasteiger partial charge in [-0.1, -0.05) is 385 Å². The summed E-state index contributed by atoms with van der Waals surface area (Å²) >= 11 is 0. The van der Waals surface area contributed by atoms with Crippen LogP contribution in [-0.4, -0.2) is 37.2 Å². The van der Waals surface area contributed by atoms with Crippen LogP contribution < -0.4 is 0 Å². The second-order valence-electron chi connectivity index (χ2n) is 25.9. The van der Waals surface area contributed by atoms with Gasteiger partial charge in [-0.15, -0.1) is 0 Å². The third kappa shape index (κ3) is 70.5. The molecule has 0 aliphatic carbocycles. The quantitative estimate of drug-likeness (QED) is 0.0261. The van der Waals surface area contributed by atoms with Gasteiger partial charge in [-0.3, -0.25) is 14.4 Å². The number of hydrogen-bond acceptors (Lipinski definition) is 6. The molecule has 83 heavy (non-hydrogen) atoms. The highest BCUT2D eigenvalue weighted by Crippen LogP contribution is 2.19. The van der Waals surface area contributed by atoms with Crippen LogP contribution in [0.4, 0.5) is 0 Å². The fourth-order valence-corrected chi connectivity index (χ4v) is 11.8. The van der Waals surface area contributed by atoms with Crippen LogP contribution in [-0.2, 0) is 28.6 Å². The lowest BCUT2D eigenvalue weighted by Crippen LogP contribution is -2.30. The van der Waals surface area contributed by atoms with Gasteiger partial charge in [0.25, 0.3) is 0 Å². The Hall–Kier alpha value is -2.11. The summed E-state index contributed by atoms with van der Waals surface area (Å²) in [6.07, 6.45) is 89.4. The molecule has 0 aromatic rings. The van der Waals surface area contributed by atoms with Crippen LogP contribution in [0.25, 0.3) is 0 Å². The fourth-order valence-electron chi connectivity index (χ4n) is 11.8. The summed E-state index contributed by atoms with van der Waals surface area (Å²) in [7, 11) is 0. The van der Waals surface area contributed by atoms with Crippen LogP contribution >= 0.6 is 0 Å². The molecular formula is C77H146O6. The molecule has 0 N–H and O–H groups in total. The number of ether oxygens (including phenoxy) is 3. The standard InChI is InChI=1S/C77H146O6/c1-4-7-10-13-16-19-22-25-28-31-32-33-34-35-36-37-38-39-40-41-42-43-44-45-46-47-50-52-55-58-61-64-67-70-76(79)82-73-74(83-77(80)71-68-65-62-59-56-53-49-30-27-24-21-18-15-12-9-6-3)72-81-75(78)69-66-63-60-57-54-51-48-29-26-23-20-17-14-11-8-5-2/h22,25,31-32,74H,4-21,23-24,26-30,33-73H2,1-3H3/b25-22-,32-31-. The lowest BCUT2D eigenvalue weighted by atomic mass is 10.0. The molecular weight excluding hydrogens is 1020 g/mol. The van der Waals surface area contributed by atoms with Crippen LogP contribution in [0.2, 0.25) is 0 Å². The van der Waals surface area contributed by atoms with E-state index in [9.17, 15) is 14.4 Å². The van der Waals surface area contributed by atoms with Gasteiger partial charge in [-0.2, -0.15) is 0 Å². The van der Waals surface area contributed by atoms with Crippen molar-refractivity contribution in [1.82, 2.24) is 0 Å². The number of carbonyl (C=O) groups is 3. The molecule has 0 amide bonds. The van der Waals surface area contributed by atoms with Crippen LogP contribution in [0.5, 0.6) is 0 Å². The Labute approximate surface area is 519 Å². The molecule has 0 fully saturated rings. The van der Waals surface area contributed by atoms with E-state index in [-0.39, 0.29) is 31.1 Å². The second-order valence-corrected chi connectivity index (χ2v) is 25.9. The molecule has 6 heteroatoms. The van der Waals surface area contributed by atoms with Crippen LogP contribution in [0.3, 0.4) is 0 Å².